The quantitative estimate of drug-likeness (QED) is 0.793. The number of fused-ring (bicyclic) bond motifs is 1. The van der Waals surface area contributed by atoms with Gasteiger partial charge in [0.2, 0.25) is 0 Å². The lowest BCUT2D eigenvalue weighted by Gasteiger charge is -2.36. The molecule has 126 valence electrons. The summed E-state index contributed by atoms with van der Waals surface area (Å²) < 4.78 is 11.2. The average molecular weight is 320 g/mol. The van der Waals surface area contributed by atoms with E-state index in [0.717, 1.165) is 5.69 Å². The first-order valence-electron chi connectivity index (χ1n) is 7.61. The Labute approximate surface area is 137 Å². The summed E-state index contributed by atoms with van der Waals surface area (Å²) in [5, 5.41) is 0. The van der Waals surface area contributed by atoms with Gasteiger partial charge in [0.05, 0.1) is 12.2 Å². The van der Waals surface area contributed by atoms with E-state index in [1.165, 1.54) is 4.90 Å². The molecule has 0 aromatic heterocycles. The second kappa shape index (κ2) is 6.48. The van der Waals surface area contributed by atoms with Gasteiger partial charge in [0, 0.05) is 14.1 Å². The summed E-state index contributed by atoms with van der Waals surface area (Å²) in [4.78, 5) is 27.7. The van der Waals surface area contributed by atoms with Gasteiger partial charge in [0.1, 0.15) is 17.9 Å². The Kier molecular flexibility index (Phi) is 4.82. The molecule has 0 fully saturated rings. The summed E-state index contributed by atoms with van der Waals surface area (Å²) in [5.41, 5.74) is 0.253. The highest BCUT2D eigenvalue weighted by molar-refractivity contribution is 5.84. The number of anilines is 1. The summed E-state index contributed by atoms with van der Waals surface area (Å²) in [6.07, 6.45) is -0.637. The number of para-hydroxylation sites is 2. The molecule has 0 unspecified atom stereocenters. The molecule has 6 heteroatoms. The number of benzene rings is 1. The Morgan fingerprint density at radius 1 is 1.30 bits per heavy atom. The summed E-state index contributed by atoms with van der Waals surface area (Å²) in [6.45, 7) is 5.88. The zero-order valence-corrected chi connectivity index (χ0v) is 14.3. The minimum absolute atomic E-state index is 0.0782. The van der Waals surface area contributed by atoms with E-state index in [1.807, 2.05) is 43.9 Å². The van der Waals surface area contributed by atoms with Crippen molar-refractivity contribution in [3.63, 3.8) is 0 Å². The number of amides is 1. The molecule has 2 rings (SSSR count). The minimum atomic E-state index is -0.637. The van der Waals surface area contributed by atoms with Gasteiger partial charge in [0.15, 0.2) is 6.10 Å². The van der Waals surface area contributed by atoms with E-state index in [0.29, 0.717) is 12.3 Å². The van der Waals surface area contributed by atoms with Crippen molar-refractivity contribution in [2.24, 2.45) is 0 Å². The lowest BCUT2D eigenvalue weighted by molar-refractivity contribution is -0.153. The van der Waals surface area contributed by atoms with Gasteiger partial charge in [-0.2, -0.15) is 0 Å². The van der Waals surface area contributed by atoms with Crippen LogP contribution in [0.15, 0.2) is 24.3 Å². The van der Waals surface area contributed by atoms with E-state index in [4.69, 9.17) is 9.47 Å². The molecule has 1 aliphatic rings. The standard InChI is InChI=1S/C17H24N2O4/c1-17(2,3)23-15(20)11-19-10-14(16(21)18(4)5)22-13-9-7-6-8-12(13)19/h6-9,14H,10-11H2,1-5H3/t14-/m1/s1. The number of esters is 1. The van der Waals surface area contributed by atoms with Crippen molar-refractivity contribution in [2.75, 3.05) is 32.1 Å². The van der Waals surface area contributed by atoms with Gasteiger partial charge in [-0.1, -0.05) is 12.1 Å². The first-order valence-corrected chi connectivity index (χ1v) is 7.61. The van der Waals surface area contributed by atoms with Gasteiger partial charge in [0.25, 0.3) is 5.91 Å². The molecule has 1 amide bonds. The summed E-state index contributed by atoms with van der Waals surface area (Å²) >= 11 is 0. The molecular weight excluding hydrogens is 296 g/mol. The van der Waals surface area contributed by atoms with Crippen LogP contribution in [0, 0.1) is 0 Å². The molecule has 0 saturated heterocycles. The zero-order valence-electron chi connectivity index (χ0n) is 14.3. The van der Waals surface area contributed by atoms with Gasteiger partial charge in [-0.3, -0.25) is 9.59 Å². The number of likely N-dealkylation sites (N-methyl/N-ethyl adjacent to an activating group) is 1. The van der Waals surface area contributed by atoms with Crippen LogP contribution in [0.4, 0.5) is 5.69 Å². The lowest BCUT2D eigenvalue weighted by Crippen LogP contribution is -2.50. The first kappa shape index (κ1) is 17.1. The SMILES string of the molecule is CN(C)C(=O)[C@H]1CN(CC(=O)OC(C)(C)C)c2ccccc2O1. The molecule has 1 aliphatic heterocycles. The Morgan fingerprint density at radius 2 is 1.96 bits per heavy atom. The maximum absolute atomic E-state index is 12.2. The fourth-order valence-corrected chi connectivity index (χ4v) is 2.40. The predicted molar refractivity (Wildman–Crippen MR) is 87.6 cm³/mol. The number of nitrogens with zero attached hydrogens (tertiary/aromatic N) is 2. The number of hydrogen-bond acceptors (Lipinski definition) is 5. The summed E-state index contributed by atoms with van der Waals surface area (Å²) in [6, 6.07) is 7.38. The molecule has 0 spiro atoms. The summed E-state index contributed by atoms with van der Waals surface area (Å²) in [5.74, 6) is 0.140. The topological polar surface area (TPSA) is 59.1 Å². The van der Waals surface area contributed by atoms with Crippen molar-refractivity contribution in [2.45, 2.75) is 32.5 Å². The van der Waals surface area contributed by atoms with Crippen LogP contribution in [0.5, 0.6) is 5.75 Å². The fraction of sp³-hybridized carbons (Fsp3) is 0.529. The molecule has 1 aromatic carbocycles. The van der Waals surface area contributed by atoms with Crippen LogP contribution >= 0.6 is 0 Å². The van der Waals surface area contributed by atoms with Gasteiger partial charge in [-0.05, 0) is 32.9 Å². The Morgan fingerprint density at radius 3 is 2.57 bits per heavy atom. The Bertz CT molecular complexity index is 593. The van der Waals surface area contributed by atoms with E-state index in [9.17, 15) is 9.59 Å². The normalized spacial score (nSPS) is 17.1. The van der Waals surface area contributed by atoms with Gasteiger partial charge < -0.3 is 19.3 Å². The lowest BCUT2D eigenvalue weighted by atomic mass is 10.1. The highest BCUT2D eigenvalue weighted by Gasteiger charge is 2.33. The van der Waals surface area contributed by atoms with Crippen LogP contribution in [-0.4, -0.2) is 55.7 Å². The molecule has 0 radical (unpaired) electrons. The van der Waals surface area contributed by atoms with Crippen molar-refractivity contribution in [3.05, 3.63) is 24.3 Å². The summed E-state index contributed by atoms with van der Waals surface area (Å²) in [7, 11) is 3.37. The van der Waals surface area contributed by atoms with E-state index in [2.05, 4.69) is 0 Å². The smallest absolute Gasteiger partial charge is 0.326 e. The van der Waals surface area contributed by atoms with E-state index in [-0.39, 0.29) is 18.4 Å². The first-order chi connectivity index (χ1) is 10.7. The third-order valence-electron chi connectivity index (χ3n) is 3.32. The maximum Gasteiger partial charge on any atom is 0.326 e. The van der Waals surface area contributed by atoms with Gasteiger partial charge in [-0.15, -0.1) is 0 Å². The van der Waals surface area contributed by atoms with Crippen LogP contribution in [0.1, 0.15) is 20.8 Å². The minimum Gasteiger partial charge on any atom is -0.477 e. The predicted octanol–water partition coefficient (Wildman–Crippen LogP) is 1.68. The highest BCUT2D eigenvalue weighted by atomic mass is 16.6. The number of ether oxygens (including phenoxy) is 2. The molecule has 6 nitrogen and oxygen atoms in total. The number of rotatable bonds is 3. The monoisotopic (exact) mass is 320 g/mol. The number of carbonyl (C=O) groups is 2. The Hall–Kier alpha value is -2.24. The van der Waals surface area contributed by atoms with Crippen LogP contribution in [-0.2, 0) is 14.3 Å². The largest absolute Gasteiger partial charge is 0.477 e. The van der Waals surface area contributed by atoms with E-state index >= 15 is 0 Å². The van der Waals surface area contributed by atoms with Crippen LogP contribution in [0.2, 0.25) is 0 Å². The van der Waals surface area contributed by atoms with Crippen molar-refractivity contribution >= 4 is 17.6 Å². The van der Waals surface area contributed by atoms with Crippen molar-refractivity contribution in [1.82, 2.24) is 4.90 Å². The van der Waals surface area contributed by atoms with Crippen LogP contribution < -0.4 is 9.64 Å². The molecule has 23 heavy (non-hydrogen) atoms. The molecule has 0 saturated carbocycles. The van der Waals surface area contributed by atoms with Crippen LogP contribution in [0.25, 0.3) is 0 Å². The molecular formula is C17H24N2O4. The second-order valence-corrected chi connectivity index (χ2v) is 6.77. The molecule has 0 bridgehead atoms. The zero-order chi connectivity index (χ0) is 17.2. The molecule has 1 atom stereocenters. The third kappa shape index (κ3) is 4.37. The maximum atomic E-state index is 12.2. The fourth-order valence-electron chi connectivity index (χ4n) is 2.40. The van der Waals surface area contributed by atoms with Crippen molar-refractivity contribution in [3.8, 4) is 5.75 Å². The van der Waals surface area contributed by atoms with Crippen molar-refractivity contribution in [1.29, 1.82) is 0 Å². The molecule has 0 N–H and O–H groups in total. The second-order valence-electron chi connectivity index (χ2n) is 6.77. The molecule has 0 aliphatic carbocycles. The van der Waals surface area contributed by atoms with Gasteiger partial charge in [-0.25, -0.2) is 0 Å². The number of hydrogen-bond donors (Lipinski definition) is 0. The van der Waals surface area contributed by atoms with E-state index < -0.39 is 11.7 Å². The van der Waals surface area contributed by atoms with E-state index in [1.54, 1.807) is 20.2 Å². The van der Waals surface area contributed by atoms with Crippen molar-refractivity contribution < 1.29 is 19.1 Å². The van der Waals surface area contributed by atoms with Crippen LogP contribution in [0.3, 0.4) is 0 Å². The molecule has 1 aromatic rings. The highest BCUT2D eigenvalue weighted by Crippen LogP contribution is 2.33. The average Bonchev–Trinajstić information content (AvgIpc) is 2.44. The third-order valence-corrected chi connectivity index (χ3v) is 3.32. The van der Waals surface area contributed by atoms with Gasteiger partial charge >= 0.3 is 5.97 Å². The number of carbonyl (C=O) groups excluding carboxylic acids is 2. The Balaban J connectivity index is 2.20. The molecule has 1 heterocycles.